The van der Waals surface area contributed by atoms with Crippen LogP contribution in [0, 0.1) is 0 Å². The van der Waals surface area contributed by atoms with Crippen LogP contribution in [0.1, 0.15) is 48.6 Å². The highest BCUT2D eigenvalue weighted by atomic mass is 13.9. The molecule has 0 atom stereocenters. The van der Waals surface area contributed by atoms with Gasteiger partial charge in [0.25, 0.3) is 0 Å². The van der Waals surface area contributed by atoms with Crippen LogP contribution in [0.3, 0.4) is 0 Å². The molecule has 0 saturated carbocycles. The minimum absolute atomic E-state index is 0. The molecule has 0 amide bonds. The van der Waals surface area contributed by atoms with Gasteiger partial charge in [-0.1, -0.05) is 73.4 Å². The lowest BCUT2D eigenvalue weighted by atomic mass is 10.2. The van der Waals surface area contributed by atoms with Crippen LogP contribution in [0.25, 0.3) is 0 Å². The van der Waals surface area contributed by atoms with Crippen molar-refractivity contribution in [1.29, 1.82) is 0 Å². The van der Waals surface area contributed by atoms with Gasteiger partial charge in [-0.25, -0.2) is 0 Å². The second kappa shape index (κ2) is 17.3. The molecule has 1 aromatic carbocycles. The SMILES string of the molecule is C.C.C.CC.CCc1ccccc1. The van der Waals surface area contributed by atoms with Gasteiger partial charge in [-0.3, -0.25) is 0 Å². The van der Waals surface area contributed by atoms with Crippen molar-refractivity contribution in [2.75, 3.05) is 0 Å². The van der Waals surface area contributed by atoms with Crippen LogP contribution in [0.4, 0.5) is 0 Å². The van der Waals surface area contributed by atoms with E-state index in [4.69, 9.17) is 0 Å². The standard InChI is InChI=1S/C8H10.C2H6.3CH4/c1-2-8-6-4-3-5-7-8;1-2;;;/h3-7H,2H2,1H3;1-2H3;3*1H4. The van der Waals surface area contributed by atoms with Crippen LogP contribution in [0.2, 0.25) is 0 Å². The molecule has 0 saturated heterocycles. The van der Waals surface area contributed by atoms with E-state index >= 15 is 0 Å². The van der Waals surface area contributed by atoms with Gasteiger partial charge < -0.3 is 0 Å². The minimum atomic E-state index is 0. The van der Waals surface area contributed by atoms with Crippen LogP contribution in [-0.4, -0.2) is 0 Å². The minimum Gasteiger partial charge on any atom is -0.0776 e. The predicted octanol–water partition coefficient (Wildman–Crippen LogP) is 5.18. The van der Waals surface area contributed by atoms with Gasteiger partial charge in [0.2, 0.25) is 0 Å². The van der Waals surface area contributed by atoms with Crippen molar-refractivity contribution in [1.82, 2.24) is 0 Å². The number of aryl methyl sites for hydroxylation is 1. The Morgan fingerprint density at radius 2 is 1.23 bits per heavy atom. The van der Waals surface area contributed by atoms with Crippen LogP contribution in [0.5, 0.6) is 0 Å². The molecule has 1 aromatic rings. The lowest BCUT2D eigenvalue weighted by Crippen LogP contribution is -1.73. The van der Waals surface area contributed by atoms with Crippen molar-refractivity contribution in [3.63, 3.8) is 0 Å². The van der Waals surface area contributed by atoms with E-state index in [0.29, 0.717) is 0 Å². The third-order valence-electron chi connectivity index (χ3n) is 1.25. The van der Waals surface area contributed by atoms with Crippen LogP contribution in [-0.2, 0) is 6.42 Å². The van der Waals surface area contributed by atoms with Gasteiger partial charge in [0.15, 0.2) is 0 Å². The Morgan fingerprint density at radius 3 is 1.46 bits per heavy atom. The normalized spacial score (nSPS) is 6.08. The number of hydrogen-bond acceptors (Lipinski definition) is 0. The second-order valence-corrected chi connectivity index (χ2v) is 1.84. The van der Waals surface area contributed by atoms with Gasteiger partial charge in [-0.05, 0) is 12.0 Å². The fourth-order valence-electron chi connectivity index (χ4n) is 0.714. The summed E-state index contributed by atoms with van der Waals surface area (Å²) in [6.07, 6.45) is 1.14. The molecular formula is C13H28. The summed E-state index contributed by atoms with van der Waals surface area (Å²) in [6, 6.07) is 10.5. The molecule has 0 aliphatic carbocycles. The molecule has 1 rings (SSSR count). The highest BCUT2D eigenvalue weighted by Crippen LogP contribution is 1.96. The van der Waals surface area contributed by atoms with Crippen molar-refractivity contribution in [2.24, 2.45) is 0 Å². The summed E-state index contributed by atoms with van der Waals surface area (Å²) in [5.74, 6) is 0. The number of hydrogen-bond donors (Lipinski definition) is 0. The third-order valence-corrected chi connectivity index (χ3v) is 1.25. The van der Waals surface area contributed by atoms with E-state index in [1.54, 1.807) is 0 Å². The lowest BCUT2D eigenvalue weighted by Gasteiger charge is -1.89. The first-order chi connectivity index (χ1) is 4.93. The summed E-state index contributed by atoms with van der Waals surface area (Å²) >= 11 is 0. The average Bonchev–Trinajstić information content (AvgIpc) is 2.10. The first kappa shape index (κ1) is 22.8. The summed E-state index contributed by atoms with van der Waals surface area (Å²) in [5, 5.41) is 0. The highest BCUT2D eigenvalue weighted by molar-refractivity contribution is 5.13. The predicted molar refractivity (Wildman–Crippen MR) is 67.4 cm³/mol. The maximum Gasteiger partial charge on any atom is -0.0307 e. The molecule has 0 nitrogen and oxygen atoms in total. The maximum atomic E-state index is 2.16. The van der Waals surface area contributed by atoms with E-state index < -0.39 is 0 Å². The van der Waals surface area contributed by atoms with Gasteiger partial charge in [0.1, 0.15) is 0 Å². The van der Waals surface area contributed by atoms with Crippen molar-refractivity contribution < 1.29 is 0 Å². The molecule has 80 valence electrons. The molecule has 0 aliphatic rings. The Balaban J connectivity index is -0.0000000761. The Labute approximate surface area is 86.0 Å². The van der Waals surface area contributed by atoms with Crippen molar-refractivity contribution in [3.8, 4) is 0 Å². The van der Waals surface area contributed by atoms with E-state index in [2.05, 4.69) is 31.2 Å². The smallest absolute Gasteiger partial charge is 0.0307 e. The molecule has 0 aliphatic heterocycles. The topological polar surface area (TPSA) is 0 Å². The molecule has 0 N–H and O–H groups in total. The maximum absolute atomic E-state index is 2.16. The molecule has 0 aromatic heterocycles. The molecule has 0 fully saturated rings. The Morgan fingerprint density at radius 1 is 0.846 bits per heavy atom. The zero-order chi connectivity index (χ0) is 7.82. The highest BCUT2D eigenvalue weighted by Gasteiger charge is 1.79. The van der Waals surface area contributed by atoms with E-state index in [1.807, 2.05) is 19.9 Å². The summed E-state index contributed by atoms with van der Waals surface area (Å²) in [4.78, 5) is 0. The quantitative estimate of drug-likeness (QED) is 0.564. The first-order valence-corrected chi connectivity index (χ1v) is 3.97. The summed E-state index contributed by atoms with van der Waals surface area (Å²) < 4.78 is 0. The van der Waals surface area contributed by atoms with Gasteiger partial charge in [0.05, 0.1) is 0 Å². The van der Waals surface area contributed by atoms with E-state index in [0.717, 1.165) is 6.42 Å². The van der Waals surface area contributed by atoms with Crippen molar-refractivity contribution in [2.45, 2.75) is 49.5 Å². The molecule has 13 heavy (non-hydrogen) atoms. The number of benzene rings is 1. The van der Waals surface area contributed by atoms with Gasteiger partial charge >= 0.3 is 0 Å². The van der Waals surface area contributed by atoms with E-state index in [1.165, 1.54) is 5.56 Å². The third kappa shape index (κ3) is 11.2. The average molecular weight is 184 g/mol. The monoisotopic (exact) mass is 184 g/mol. The fraction of sp³-hybridized carbons (Fsp3) is 0.538. The van der Waals surface area contributed by atoms with Crippen LogP contribution >= 0.6 is 0 Å². The van der Waals surface area contributed by atoms with Crippen molar-refractivity contribution >= 4 is 0 Å². The summed E-state index contributed by atoms with van der Waals surface area (Å²) in [7, 11) is 0. The van der Waals surface area contributed by atoms with Crippen LogP contribution in [0.15, 0.2) is 30.3 Å². The number of rotatable bonds is 1. The van der Waals surface area contributed by atoms with Gasteiger partial charge in [0, 0.05) is 0 Å². The summed E-state index contributed by atoms with van der Waals surface area (Å²) in [6.45, 7) is 6.16. The lowest BCUT2D eigenvalue weighted by molar-refractivity contribution is 1.14. The molecule has 0 spiro atoms. The summed E-state index contributed by atoms with van der Waals surface area (Å²) in [5.41, 5.74) is 1.41. The Bertz CT molecular complexity index is 141. The van der Waals surface area contributed by atoms with Gasteiger partial charge in [-0.15, -0.1) is 0 Å². The molecule has 0 heterocycles. The fourth-order valence-corrected chi connectivity index (χ4v) is 0.714. The van der Waals surface area contributed by atoms with Crippen molar-refractivity contribution in [3.05, 3.63) is 35.9 Å². The molecule has 0 bridgehead atoms. The molecule has 0 radical (unpaired) electrons. The largest absolute Gasteiger partial charge is 0.0776 e. The molecule has 0 heteroatoms. The Hall–Kier alpha value is -0.780. The zero-order valence-electron chi connectivity index (χ0n) is 7.09. The Kier molecular flexibility index (Phi) is 30.4. The van der Waals surface area contributed by atoms with E-state index in [9.17, 15) is 0 Å². The second-order valence-electron chi connectivity index (χ2n) is 1.84. The van der Waals surface area contributed by atoms with Gasteiger partial charge in [-0.2, -0.15) is 0 Å². The zero-order valence-corrected chi connectivity index (χ0v) is 7.09. The van der Waals surface area contributed by atoms with Crippen LogP contribution < -0.4 is 0 Å². The molecule has 0 unspecified atom stereocenters. The first-order valence-electron chi connectivity index (χ1n) is 3.97. The van der Waals surface area contributed by atoms with E-state index in [-0.39, 0.29) is 22.3 Å². The molecular weight excluding hydrogens is 156 g/mol.